The first-order valence-electron chi connectivity index (χ1n) is 5.62. The molecule has 2 aliphatic rings. The van der Waals surface area contributed by atoms with Gasteiger partial charge in [0.05, 0.1) is 13.2 Å². The van der Waals surface area contributed by atoms with Crippen LogP contribution in [0.2, 0.25) is 0 Å². The maximum absolute atomic E-state index is 12.0. The first kappa shape index (κ1) is 10.9. The van der Waals surface area contributed by atoms with Gasteiger partial charge in [-0.2, -0.15) is 5.06 Å². The van der Waals surface area contributed by atoms with E-state index in [1.807, 2.05) is 9.96 Å². The van der Waals surface area contributed by atoms with Crippen molar-refractivity contribution < 1.29 is 9.63 Å². The Morgan fingerprint density at radius 3 is 2.60 bits per heavy atom. The summed E-state index contributed by atoms with van der Waals surface area (Å²) >= 11 is 0. The van der Waals surface area contributed by atoms with E-state index < -0.39 is 0 Å². The number of nitrogens with one attached hydrogen (secondary N) is 1. The second-order valence-electron chi connectivity index (χ2n) is 4.09. The summed E-state index contributed by atoms with van der Waals surface area (Å²) in [5, 5.41) is 5.14. The third kappa shape index (κ3) is 2.48. The fourth-order valence-corrected chi connectivity index (χ4v) is 2.21. The van der Waals surface area contributed by atoms with Crippen LogP contribution in [0.25, 0.3) is 0 Å². The fraction of sp³-hybridized carbons (Fsp3) is 0.900. The summed E-state index contributed by atoms with van der Waals surface area (Å²) in [6.45, 7) is 4.17. The maximum Gasteiger partial charge on any atom is 0.239 e. The molecule has 2 saturated heterocycles. The van der Waals surface area contributed by atoms with E-state index in [1.54, 1.807) is 7.11 Å². The predicted octanol–water partition coefficient (Wildman–Crippen LogP) is -0.556. The van der Waals surface area contributed by atoms with Crippen molar-refractivity contribution in [3.05, 3.63) is 0 Å². The Labute approximate surface area is 90.3 Å². The third-order valence-corrected chi connectivity index (χ3v) is 3.17. The Morgan fingerprint density at radius 2 is 2.07 bits per heavy atom. The lowest BCUT2D eigenvalue weighted by Gasteiger charge is -2.34. The number of nitrogens with zero attached hydrogens (tertiary/aromatic N) is 2. The van der Waals surface area contributed by atoms with Gasteiger partial charge in [-0.15, -0.1) is 0 Å². The lowest BCUT2D eigenvalue weighted by molar-refractivity contribution is -0.162. The Bertz CT molecular complexity index is 221. The minimum absolute atomic E-state index is 0.0686. The van der Waals surface area contributed by atoms with Gasteiger partial charge in [-0.05, 0) is 19.4 Å². The van der Waals surface area contributed by atoms with Crippen molar-refractivity contribution in [1.29, 1.82) is 0 Å². The van der Waals surface area contributed by atoms with Gasteiger partial charge in [-0.25, -0.2) is 0 Å². The number of carbonyl (C=O) groups is 1. The van der Waals surface area contributed by atoms with E-state index in [0.29, 0.717) is 0 Å². The number of amides is 1. The van der Waals surface area contributed by atoms with Crippen LogP contribution in [0.5, 0.6) is 0 Å². The number of hydrogen-bond acceptors (Lipinski definition) is 4. The number of carbonyl (C=O) groups excluding carboxylic acids is 1. The highest BCUT2D eigenvalue weighted by Gasteiger charge is 2.28. The van der Waals surface area contributed by atoms with Gasteiger partial charge in [0.1, 0.15) is 0 Å². The molecule has 5 heteroatoms. The monoisotopic (exact) mass is 213 g/mol. The van der Waals surface area contributed by atoms with E-state index in [1.165, 1.54) is 0 Å². The summed E-state index contributed by atoms with van der Waals surface area (Å²) in [7, 11) is 1.68. The lowest BCUT2D eigenvalue weighted by Crippen LogP contribution is -2.52. The quantitative estimate of drug-likeness (QED) is 0.668. The fourth-order valence-electron chi connectivity index (χ4n) is 2.21. The molecule has 0 radical (unpaired) electrons. The van der Waals surface area contributed by atoms with Gasteiger partial charge in [0.15, 0.2) is 0 Å². The Balaban J connectivity index is 1.81. The highest BCUT2D eigenvalue weighted by atomic mass is 16.7. The molecular weight excluding hydrogens is 194 g/mol. The second-order valence-corrected chi connectivity index (χ2v) is 4.09. The van der Waals surface area contributed by atoms with Gasteiger partial charge in [-0.3, -0.25) is 4.79 Å². The molecule has 0 unspecified atom stereocenters. The van der Waals surface area contributed by atoms with Crippen LogP contribution in [0.15, 0.2) is 0 Å². The summed E-state index contributed by atoms with van der Waals surface area (Å²) in [6.07, 6.45) is 2.11. The smallest absolute Gasteiger partial charge is 0.239 e. The van der Waals surface area contributed by atoms with Gasteiger partial charge in [0, 0.05) is 26.2 Å². The molecule has 2 rings (SSSR count). The van der Waals surface area contributed by atoms with Crippen molar-refractivity contribution in [3.8, 4) is 0 Å². The van der Waals surface area contributed by atoms with E-state index in [0.717, 1.165) is 45.6 Å². The summed E-state index contributed by atoms with van der Waals surface area (Å²) < 4.78 is 0. The molecule has 1 N–H and O–H groups in total. The molecule has 2 fully saturated rings. The number of piperazine rings is 1. The van der Waals surface area contributed by atoms with Crippen LogP contribution < -0.4 is 5.32 Å². The topological polar surface area (TPSA) is 44.8 Å². The van der Waals surface area contributed by atoms with Gasteiger partial charge in [0.2, 0.25) is 5.91 Å². The zero-order chi connectivity index (χ0) is 10.7. The number of rotatable bonds is 2. The highest BCUT2D eigenvalue weighted by molar-refractivity contribution is 5.82. The van der Waals surface area contributed by atoms with Gasteiger partial charge in [0.25, 0.3) is 0 Å². The van der Waals surface area contributed by atoms with Crippen LogP contribution in [-0.4, -0.2) is 61.7 Å². The van der Waals surface area contributed by atoms with E-state index in [9.17, 15) is 4.79 Å². The van der Waals surface area contributed by atoms with E-state index >= 15 is 0 Å². The summed E-state index contributed by atoms with van der Waals surface area (Å²) in [5.41, 5.74) is 0. The molecular formula is C10H19N3O2. The van der Waals surface area contributed by atoms with Gasteiger partial charge >= 0.3 is 0 Å². The first-order valence-corrected chi connectivity index (χ1v) is 5.62. The molecule has 0 aromatic rings. The predicted molar refractivity (Wildman–Crippen MR) is 56.2 cm³/mol. The number of hydroxylamine groups is 2. The van der Waals surface area contributed by atoms with Crippen LogP contribution in [-0.2, 0) is 9.63 Å². The number of hydrogen-bond donors (Lipinski definition) is 1. The molecule has 1 amide bonds. The molecule has 86 valence electrons. The van der Waals surface area contributed by atoms with Crippen molar-refractivity contribution in [3.63, 3.8) is 0 Å². The van der Waals surface area contributed by atoms with Crippen LogP contribution in [0.3, 0.4) is 0 Å². The van der Waals surface area contributed by atoms with Gasteiger partial charge in [-0.1, -0.05) is 0 Å². The van der Waals surface area contributed by atoms with Crippen LogP contribution >= 0.6 is 0 Å². The zero-order valence-electron chi connectivity index (χ0n) is 9.24. The average Bonchev–Trinajstić information content (AvgIpc) is 2.82. The molecule has 0 bridgehead atoms. The highest BCUT2D eigenvalue weighted by Crippen LogP contribution is 2.10. The molecule has 2 heterocycles. The standard InChI is InChI=1S/C10H19N3O2/c1-15-13-7-5-12(6-8-13)10(14)9-3-2-4-11-9/h9,11H,2-8H2,1H3/t9-/m0/s1. The van der Waals surface area contributed by atoms with Crippen molar-refractivity contribution in [1.82, 2.24) is 15.3 Å². The lowest BCUT2D eigenvalue weighted by atomic mass is 10.2. The molecule has 0 aromatic heterocycles. The molecule has 15 heavy (non-hydrogen) atoms. The van der Waals surface area contributed by atoms with Gasteiger partial charge < -0.3 is 15.1 Å². The second kappa shape index (κ2) is 4.92. The van der Waals surface area contributed by atoms with Crippen LogP contribution in [0.1, 0.15) is 12.8 Å². The summed E-state index contributed by atoms with van der Waals surface area (Å²) in [6, 6.07) is 0.0686. The third-order valence-electron chi connectivity index (χ3n) is 3.17. The van der Waals surface area contributed by atoms with E-state index in [-0.39, 0.29) is 11.9 Å². The summed E-state index contributed by atoms with van der Waals surface area (Å²) in [4.78, 5) is 19.1. The van der Waals surface area contributed by atoms with Crippen molar-refractivity contribution in [2.45, 2.75) is 18.9 Å². The molecule has 5 nitrogen and oxygen atoms in total. The molecule has 0 aliphatic carbocycles. The van der Waals surface area contributed by atoms with Crippen molar-refractivity contribution in [2.75, 3.05) is 39.8 Å². The van der Waals surface area contributed by atoms with E-state index in [4.69, 9.17) is 4.84 Å². The summed E-state index contributed by atoms with van der Waals surface area (Å²) in [5.74, 6) is 0.267. The normalized spacial score (nSPS) is 28.3. The van der Waals surface area contributed by atoms with Crippen molar-refractivity contribution >= 4 is 5.91 Å². The largest absolute Gasteiger partial charge is 0.339 e. The minimum atomic E-state index is 0.0686. The maximum atomic E-state index is 12.0. The van der Waals surface area contributed by atoms with Crippen LogP contribution in [0, 0.1) is 0 Å². The first-order chi connectivity index (χ1) is 7.31. The average molecular weight is 213 g/mol. The molecule has 1 atom stereocenters. The molecule has 0 aromatic carbocycles. The Morgan fingerprint density at radius 1 is 1.33 bits per heavy atom. The zero-order valence-corrected chi connectivity index (χ0v) is 9.24. The SMILES string of the molecule is CON1CCN(C(=O)[C@@H]2CCCN2)CC1. The van der Waals surface area contributed by atoms with E-state index in [2.05, 4.69) is 5.32 Å². The Kier molecular flexibility index (Phi) is 3.56. The minimum Gasteiger partial charge on any atom is -0.339 e. The molecule has 0 saturated carbocycles. The molecule has 2 aliphatic heterocycles. The molecule has 0 spiro atoms. The van der Waals surface area contributed by atoms with Crippen molar-refractivity contribution in [2.24, 2.45) is 0 Å². The Hall–Kier alpha value is -0.650. The van der Waals surface area contributed by atoms with Crippen LogP contribution in [0.4, 0.5) is 0 Å².